The van der Waals surface area contributed by atoms with Crippen LogP contribution in [0.15, 0.2) is 29.3 Å². The van der Waals surface area contributed by atoms with Crippen LogP contribution in [0.1, 0.15) is 45.1 Å². The van der Waals surface area contributed by atoms with E-state index in [2.05, 4.69) is 23.3 Å². The molecule has 0 aliphatic heterocycles. The highest BCUT2D eigenvalue weighted by atomic mass is 32.2. The second-order valence-corrected chi connectivity index (χ2v) is 7.93. The summed E-state index contributed by atoms with van der Waals surface area (Å²) in [5.41, 5.74) is 1.26. The lowest BCUT2D eigenvalue weighted by molar-refractivity contribution is -0.119. The molecule has 2 aromatic rings. The van der Waals surface area contributed by atoms with Crippen LogP contribution in [0, 0.1) is 17.2 Å². The number of carbonyl (C=O) groups is 1. The predicted octanol–water partition coefficient (Wildman–Crippen LogP) is 4.29. The predicted molar refractivity (Wildman–Crippen MR) is 108 cm³/mol. The molecule has 1 fully saturated rings. The van der Waals surface area contributed by atoms with Gasteiger partial charge < -0.3 is 10.1 Å². The highest BCUT2D eigenvalue weighted by Crippen LogP contribution is 2.28. The quantitative estimate of drug-likeness (QED) is 0.753. The Bertz CT molecular complexity index is 862. The lowest BCUT2D eigenvalue weighted by atomic mass is 9.86. The number of nitrogens with zero attached hydrogens (tertiary/aromatic N) is 2. The fourth-order valence-electron chi connectivity index (χ4n) is 3.49. The maximum absolute atomic E-state index is 12.4. The van der Waals surface area contributed by atoms with Gasteiger partial charge in [0, 0.05) is 17.5 Å². The van der Waals surface area contributed by atoms with Crippen LogP contribution in [0.4, 0.5) is 0 Å². The Morgan fingerprint density at radius 3 is 2.93 bits per heavy atom. The molecule has 1 aliphatic carbocycles. The maximum atomic E-state index is 12.4. The highest BCUT2D eigenvalue weighted by Gasteiger charge is 2.23. The smallest absolute Gasteiger partial charge is 0.230 e. The largest absolute Gasteiger partial charge is 0.494 e. The van der Waals surface area contributed by atoms with Crippen LogP contribution in [0.25, 0.3) is 10.9 Å². The number of hydrogen-bond donors (Lipinski definition) is 1. The van der Waals surface area contributed by atoms with Crippen LogP contribution < -0.4 is 10.1 Å². The minimum absolute atomic E-state index is 0.00704. The van der Waals surface area contributed by atoms with Crippen molar-refractivity contribution >= 4 is 28.6 Å². The first kappa shape index (κ1) is 19.5. The highest BCUT2D eigenvalue weighted by molar-refractivity contribution is 8.00. The van der Waals surface area contributed by atoms with E-state index in [1.165, 1.54) is 31.0 Å². The molecule has 1 aliphatic rings. The zero-order chi connectivity index (χ0) is 19.2. The van der Waals surface area contributed by atoms with E-state index in [-0.39, 0.29) is 17.7 Å². The van der Waals surface area contributed by atoms with Crippen molar-refractivity contribution in [1.29, 1.82) is 5.26 Å². The molecular formula is C21H25N3O2S. The second kappa shape index (κ2) is 9.09. The van der Waals surface area contributed by atoms with Gasteiger partial charge in [0.25, 0.3) is 0 Å². The van der Waals surface area contributed by atoms with Crippen molar-refractivity contribution in [3.63, 3.8) is 0 Å². The summed E-state index contributed by atoms with van der Waals surface area (Å²) >= 11 is 1.32. The van der Waals surface area contributed by atoms with E-state index < -0.39 is 0 Å². The SMILES string of the molecule is CCOc1ccc2cc(C#N)c(SCC(=O)N[C@@H]3CCCC[C@H]3C)nc2c1. The Hall–Kier alpha value is -2.26. The van der Waals surface area contributed by atoms with Gasteiger partial charge in [0.15, 0.2) is 0 Å². The third-order valence-corrected chi connectivity index (χ3v) is 5.97. The summed E-state index contributed by atoms with van der Waals surface area (Å²) in [6.45, 7) is 4.72. The Morgan fingerprint density at radius 2 is 2.19 bits per heavy atom. The minimum Gasteiger partial charge on any atom is -0.494 e. The summed E-state index contributed by atoms with van der Waals surface area (Å²) in [4.78, 5) is 17.0. The van der Waals surface area contributed by atoms with Crippen LogP contribution in [-0.2, 0) is 4.79 Å². The Balaban J connectivity index is 1.71. The molecule has 1 N–H and O–H groups in total. The molecule has 0 spiro atoms. The maximum Gasteiger partial charge on any atom is 0.230 e. The Morgan fingerprint density at radius 1 is 1.37 bits per heavy atom. The third kappa shape index (κ3) is 4.92. The van der Waals surface area contributed by atoms with Crippen LogP contribution >= 0.6 is 11.8 Å². The van der Waals surface area contributed by atoms with E-state index in [1.807, 2.05) is 31.2 Å². The minimum atomic E-state index is 0.00704. The topological polar surface area (TPSA) is 75.0 Å². The first-order valence-corrected chi connectivity index (χ1v) is 10.5. The van der Waals surface area contributed by atoms with Gasteiger partial charge in [-0.2, -0.15) is 5.26 Å². The number of pyridine rings is 1. The molecule has 1 heterocycles. The molecule has 1 aromatic carbocycles. The number of benzene rings is 1. The summed E-state index contributed by atoms with van der Waals surface area (Å²) in [6, 6.07) is 9.93. The van der Waals surface area contributed by atoms with E-state index in [1.54, 1.807) is 0 Å². The standard InChI is InChI=1S/C21H25N3O2S/c1-3-26-17-9-8-15-10-16(12-22)21(24-19(15)11-17)27-13-20(25)23-18-7-5-4-6-14(18)2/h8-11,14,18H,3-7,13H2,1-2H3,(H,23,25)/t14-,18-/m1/s1. The molecule has 0 radical (unpaired) electrons. The molecule has 0 bridgehead atoms. The molecule has 0 saturated heterocycles. The average Bonchev–Trinajstić information content (AvgIpc) is 2.67. The van der Waals surface area contributed by atoms with Crippen LogP contribution in [-0.4, -0.2) is 29.3 Å². The van der Waals surface area contributed by atoms with Crippen LogP contribution in [0.2, 0.25) is 0 Å². The first-order valence-electron chi connectivity index (χ1n) is 9.50. The van der Waals surface area contributed by atoms with E-state index in [4.69, 9.17) is 4.74 Å². The summed E-state index contributed by atoms with van der Waals surface area (Å²) in [7, 11) is 0. The molecule has 2 atom stereocenters. The fourth-order valence-corrected chi connectivity index (χ4v) is 4.26. The number of fused-ring (bicyclic) bond motifs is 1. The number of thioether (sulfide) groups is 1. The average molecular weight is 384 g/mol. The molecule has 1 amide bonds. The molecule has 0 unspecified atom stereocenters. The lowest BCUT2D eigenvalue weighted by Crippen LogP contribution is -2.41. The zero-order valence-electron chi connectivity index (χ0n) is 15.8. The Kier molecular flexibility index (Phi) is 6.57. The number of aromatic nitrogens is 1. The summed E-state index contributed by atoms with van der Waals surface area (Å²) in [5, 5.41) is 14.1. The van der Waals surface area contributed by atoms with Crippen molar-refractivity contribution in [1.82, 2.24) is 10.3 Å². The lowest BCUT2D eigenvalue weighted by Gasteiger charge is -2.29. The summed E-state index contributed by atoms with van der Waals surface area (Å²) in [5.74, 6) is 1.55. The van der Waals surface area contributed by atoms with Gasteiger partial charge >= 0.3 is 0 Å². The third-order valence-electron chi connectivity index (χ3n) is 4.98. The van der Waals surface area contributed by atoms with Gasteiger partial charge in [-0.3, -0.25) is 4.79 Å². The van der Waals surface area contributed by atoms with Gasteiger partial charge in [0.1, 0.15) is 16.8 Å². The molecule has 27 heavy (non-hydrogen) atoms. The normalized spacial score (nSPS) is 19.4. The summed E-state index contributed by atoms with van der Waals surface area (Å²) < 4.78 is 5.53. The number of rotatable bonds is 6. The molecule has 5 nitrogen and oxygen atoms in total. The van der Waals surface area contributed by atoms with Crippen molar-refractivity contribution in [2.45, 2.75) is 50.6 Å². The number of hydrogen-bond acceptors (Lipinski definition) is 5. The Labute approximate surface area is 164 Å². The monoisotopic (exact) mass is 383 g/mol. The van der Waals surface area contributed by atoms with Gasteiger partial charge in [-0.15, -0.1) is 0 Å². The van der Waals surface area contributed by atoms with Crippen molar-refractivity contribution < 1.29 is 9.53 Å². The first-order chi connectivity index (χ1) is 13.1. The van der Waals surface area contributed by atoms with E-state index >= 15 is 0 Å². The number of nitrogens with one attached hydrogen (secondary N) is 1. The van der Waals surface area contributed by atoms with Gasteiger partial charge in [0.2, 0.25) is 5.91 Å². The van der Waals surface area contributed by atoms with E-state index in [0.29, 0.717) is 23.1 Å². The van der Waals surface area contributed by atoms with Gasteiger partial charge in [-0.25, -0.2) is 4.98 Å². The van der Waals surface area contributed by atoms with Gasteiger partial charge in [-0.1, -0.05) is 31.5 Å². The number of amides is 1. The van der Waals surface area contributed by atoms with Gasteiger partial charge in [-0.05, 0) is 43.9 Å². The van der Waals surface area contributed by atoms with Crippen LogP contribution in [0.5, 0.6) is 5.75 Å². The molecule has 1 aromatic heterocycles. The number of carbonyl (C=O) groups excluding carboxylic acids is 1. The van der Waals surface area contributed by atoms with Crippen molar-refractivity contribution in [2.24, 2.45) is 5.92 Å². The zero-order valence-corrected chi connectivity index (χ0v) is 16.6. The molecule has 3 rings (SSSR count). The van der Waals surface area contributed by atoms with E-state index in [9.17, 15) is 10.1 Å². The molecular weight excluding hydrogens is 358 g/mol. The molecule has 1 saturated carbocycles. The summed E-state index contributed by atoms with van der Waals surface area (Å²) in [6.07, 6.45) is 4.65. The van der Waals surface area contributed by atoms with Crippen molar-refractivity contribution in [3.8, 4) is 11.8 Å². The van der Waals surface area contributed by atoms with Crippen LogP contribution in [0.3, 0.4) is 0 Å². The van der Waals surface area contributed by atoms with Crippen molar-refractivity contribution in [3.05, 3.63) is 29.8 Å². The molecule has 6 heteroatoms. The van der Waals surface area contributed by atoms with E-state index in [0.717, 1.165) is 23.1 Å². The van der Waals surface area contributed by atoms with Crippen molar-refractivity contribution in [2.75, 3.05) is 12.4 Å². The van der Waals surface area contributed by atoms with Gasteiger partial charge in [0.05, 0.1) is 23.4 Å². The molecule has 142 valence electrons. The number of nitriles is 1. The number of ether oxygens (including phenoxy) is 1. The fraction of sp³-hybridized carbons (Fsp3) is 0.476. The second-order valence-electron chi connectivity index (χ2n) is 6.96.